The van der Waals surface area contributed by atoms with Crippen LogP contribution in [0.5, 0.6) is 0 Å². The minimum atomic E-state index is 0.0944. The Morgan fingerprint density at radius 3 is 2.54 bits per heavy atom. The molecule has 0 saturated carbocycles. The van der Waals surface area contributed by atoms with E-state index in [2.05, 4.69) is 11.2 Å². The van der Waals surface area contributed by atoms with Gasteiger partial charge in [-0.15, -0.1) is 11.8 Å². The summed E-state index contributed by atoms with van der Waals surface area (Å²) in [7, 11) is 0. The lowest BCUT2D eigenvalue weighted by molar-refractivity contribution is 0.0773. The lowest BCUT2D eigenvalue weighted by Crippen LogP contribution is -2.30. The summed E-state index contributed by atoms with van der Waals surface area (Å²) < 4.78 is 2.03. The van der Waals surface area contributed by atoms with E-state index in [9.17, 15) is 4.79 Å². The molecule has 1 amide bonds. The number of thioether (sulfide) groups is 1. The fourth-order valence-electron chi connectivity index (χ4n) is 2.60. The molecule has 0 N–H and O–H groups in total. The van der Waals surface area contributed by atoms with E-state index in [1.807, 2.05) is 71.8 Å². The molecule has 0 atom stereocenters. The number of imidazole rings is 1. The van der Waals surface area contributed by atoms with Gasteiger partial charge in [-0.1, -0.05) is 6.07 Å². The Bertz CT molecular complexity index is 789. The summed E-state index contributed by atoms with van der Waals surface area (Å²) in [6, 6.07) is 13.8. The van der Waals surface area contributed by atoms with Gasteiger partial charge in [-0.05, 0) is 50.2 Å². The average Bonchev–Trinajstić information content (AvgIpc) is 3.04. The monoisotopic (exact) mass is 339 g/mol. The van der Waals surface area contributed by atoms with E-state index in [1.54, 1.807) is 11.8 Å². The summed E-state index contributed by atoms with van der Waals surface area (Å²) >= 11 is 1.73. The SMILES string of the molecule is CCN(CC)C(=O)c1ccc(SCc2cn3ccccc3n2)cc1. The van der Waals surface area contributed by atoms with Gasteiger partial charge in [0.05, 0.1) is 5.69 Å². The maximum atomic E-state index is 12.3. The lowest BCUT2D eigenvalue weighted by atomic mass is 10.2. The number of nitrogens with zero attached hydrogens (tertiary/aromatic N) is 3. The van der Waals surface area contributed by atoms with Gasteiger partial charge in [0, 0.05) is 41.7 Å². The Kier molecular flexibility index (Phi) is 5.20. The molecule has 0 unspecified atom stereocenters. The molecule has 1 aromatic carbocycles. The molecule has 5 heteroatoms. The van der Waals surface area contributed by atoms with Crippen molar-refractivity contribution in [3.05, 3.63) is 66.1 Å². The molecule has 0 fully saturated rings. The van der Waals surface area contributed by atoms with Gasteiger partial charge >= 0.3 is 0 Å². The van der Waals surface area contributed by atoms with Gasteiger partial charge in [-0.25, -0.2) is 4.98 Å². The number of benzene rings is 1. The average molecular weight is 339 g/mol. The summed E-state index contributed by atoms with van der Waals surface area (Å²) in [6.07, 6.45) is 4.06. The Morgan fingerprint density at radius 1 is 1.12 bits per heavy atom. The highest BCUT2D eigenvalue weighted by Crippen LogP contribution is 2.23. The van der Waals surface area contributed by atoms with Crippen molar-refractivity contribution in [2.75, 3.05) is 13.1 Å². The van der Waals surface area contributed by atoms with Crippen molar-refractivity contribution < 1.29 is 4.79 Å². The van der Waals surface area contributed by atoms with Crippen LogP contribution in [0.15, 0.2) is 59.8 Å². The molecule has 3 aromatic rings. The van der Waals surface area contributed by atoms with Gasteiger partial charge < -0.3 is 9.30 Å². The van der Waals surface area contributed by atoms with Crippen LogP contribution in [0.25, 0.3) is 5.65 Å². The maximum Gasteiger partial charge on any atom is 0.253 e. The second kappa shape index (κ2) is 7.53. The fraction of sp³-hybridized carbons (Fsp3) is 0.263. The maximum absolute atomic E-state index is 12.3. The minimum Gasteiger partial charge on any atom is -0.339 e. The summed E-state index contributed by atoms with van der Waals surface area (Å²) in [5.41, 5.74) is 2.76. The van der Waals surface area contributed by atoms with Crippen molar-refractivity contribution in [2.24, 2.45) is 0 Å². The van der Waals surface area contributed by atoms with Crippen LogP contribution in [0.2, 0.25) is 0 Å². The molecule has 0 saturated heterocycles. The highest BCUT2D eigenvalue weighted by molar-refractivity contribution is 7.98. The normalized spacial score (nSPS) is 10.9. The van der Waals surface area contributed by atoms with Gasteiger partial charge in [-0.3, -0.25) is 4.79 Å². The van der Waals surface area contributed by atoms with Crippen molar-refractivity contribution in [2.45, 2.75) is 24.5 Å². The first-order valence-corrected chi connectivity index (χ1v) is 9.14. The van der Waals surface area contributed by atoms with Gasteiger partial charge in [0.1, 0.15) is 5.65 Å². The fourth-order valence-corrected chi connectivity index (χ4v) is 3.38. The number of rotatable bonds is 6. The van der Waals surface area contributed by atoms with Crippen molar-refractivity contribution >= 4 is 23.3 Å². The summed E-state index contributed by atoms with van der Waals surface area (Å²) in [6.45, 7) is 5.47. The Balaban J connectivity index is 1.64. The Labute approximate surface area is 146 Å². The topological polar surface area (TPSA) is 37.6 Å². The van der Waals surface area contributed by atoms with Crippen molar-refractivity contribution in [3.63, 3.8) is 0 Å². The minimum absolute atomic E-state index is 0.0944. The van der Waals surface area contributed by atoms with E-state index in [0.717, 1.165) is 40.6 Å². The van der Waals surface area contributed by atoms with Crippen LogP contribution in [0.4, 0.5) is 0 Å². The largest absolute Gasteiger partial charge is 0.339 e. The van der Waals surface area contributed by atoms with E-state index in [4.69, 9.17) is 0 Å². The number of hydrogen-bond donors (Lipinski definition) is 0. The third-order valence-corrected chi connectivity index (χ3v) is 5.00. The van der Waals surface area contributed by atoms with E-state index >= 15 is 0 Å². The molecule has 2 heterocycles. The molecular formula is C19H21N3OS. The number of pyridine rings is 1. The zero-order chi connectivity index (χ0) is 16.9. The Morgan fingerprint density at radius 2 is 1.88 bits per heavy atom. The molecule has 0 aliphatic heterocycles. The quantitative estimate of drug-likeness (QED) is 0.634. The van der Waals surface area contributed by atoms with Crippen molar-refractivity contribution in [1.29, 1.82) is 0 Å². The first-order chi connectivity index (χ1) is 11.7. The zero-order valence-corrected chi connectivity index (χ0v) is 14.8. The first kappa shape index (κ1) is 16.6. The number of fused-ring (bicyclic) bond motifs is 1. The van der Waals surface area contributed by atoms with Gasteiger partial charge in [0.2, 0.25) is 0 Å². The van der Waals surface area contributed by atoms with E-state index < -0.39 is 0 Å². The molecule has 2 aromatic heterocycles. The van der Waals surface area contributed by atoms with E-state index in [0.29, 0.717) is 0 Å². The molecule has 0 spiro atoms. The number of hydrogen-bond acceptors (Lipinski definition) is 3. The van der Waals surface area contributed by atoms with Crippen LogP contribution in [-0.2, 0) is 5.75 Å². The lowest BCUT2D eigenvalue weighted by Gasteiger charge is -2.18. The van der Waals surface area contributed by atoms with Crippen LogP contribution >= 0.6 is 11.8 Å². The number of amides is 1. The Hall–Kier alpha value is -2.27. The van der Waals surface area contributed by atoms with Crippen molar-refractivity contribution in [1.82, 2.24) is 14.3 Å². The van der Waals surface area contributed by atoms with Gasteiger partial charge in [-0.2, -0.15) is 0 Å². The third-order valence-electron chi connectivity index (χ3n) is 3.95. The number of aromatic nitrogens is 2. The molecule has 0 aliphatic carbocycles. The molecule has 124 valence electrons. The second-order valence-electron chi connectivity index (χ2n) is 5.49. The molecule has 0 radical (unpaired) electrons. The van der Waals surface area contributed by atoms with Crippen LogP contribution < -0.4 is 0 Å². The third kappa shape index (κ3) is 3.62. The summed E-state index contributed by atoms with van der Waals surface area (Å²) in [4.78, 5) is 19.9. The first-order valence-electron chi connectivity index (χ1n) is 8.16. The second-order valence-corrected chi connectivity index (χ2v) is 6.54. The van der Waals surface area contributed by atoms with Crippen LogP contribution in [0.3, 0.4) is 0 Å². The molecule has 24 heavy (non-hydrogen) atoms. The standard InChI is InChI=1S/C19H21N3OS/c1-3-21(4-2)19(23)15-8-10-17(11-9-15)24-14-16-13-22-12-6-5-7-18(22)20-16/h5-13H,3-4,14H2,1-2H3. The summed E-state index contributed by atoms with van der Waals surface area (Å²) in [5.74, 6) is 0.905. The zero-order valence-electron chi connectivity index (χ0n) is 14.0. The highest BCUT2D eigenvalue weighted by Gasteiger charge is 2.12. The number of carbonyl (C=O) groups excluding carboxylic acids is 1. The van der Waals surface area contributed by atoms with E-state index in [-0.39, 0.29) is 5.91 Å². The predicted octanol–water partition coefficient (Wildman–Crippen LogP) is 4.11. The van der Waals surface area contributed by atoms with Gasteiger partial charge in [0.25, 0.3) is 5.91 Å². The van der Waals surface area contributed by atoms with Crippen LogP contribution in [-0.4, -0.2) is 33.3 Å². The molecular weight excluding hydrogens is 318 g/mol. The molecule has 4 nitrogen and oxygen atoms in total. The highest BCUT2D eigenvalue weighted by atomic mass is 32.2. The van der Waals surface area contributed by atoms with Crippen molar-refractivity contribution in [3.8, 4) is 0 Å². The van der Waals surface area contributed by atoms with E-state index in [1.165, 1.54) is 0 Å². The van der Waals surface area contributed by atoms with Crippen LogP contribution in [0, 0.1) is 0 Å². The molecule has 0 bridgehead atoms. The summed E-state index contributed by atoms with van der Waals surface area (Å²) in [5, 5.41) is 0. The predicted molar refractivity (Wildman–Crippen MR) is 98.4 cm³/mol. The smallest absolute Gasteiger partial charge is 0.253 e. The molecule has 3 rings (SSSR count). The van der Waals surface area contributed by atoms with Gasteiger partial charge in [0.15, 0.2) is 0 Å². The number of carbonyl (C=O) groups is 1. The van der Waals surface area contributed by atoms with Crippen LogP contribution in [0.1, 0.15) is 29.9 Å². The molecule has 0 aliphatic rings.